The van der Waals surface area contributed by atoms with Crippen molar-refractivity contribution in [3.8, 4) is 0 Å². The van der Waals surface area contributed by atoms with Gasteiger partial charge in [0.25, 0.3) is 0 Å². The third kappa shape index (κ3) is 8.58. The average Bonchev–Trinajstić information content (AvgIpc) is 2.88. The molecule has 0 aliphatic heterocycles. The molecule has 1 N–H and O–H groups in total. The van der Waals surface area contributed by atoms with Crippen molar-refractivity contribution in [1.29, 1.82) is 0 Å². The molecule has 0 fully saturated rings. The van der Waals surface area contributed by atoms with E-state index in [2.05, 4.69) is 21.2 Å². The van der Waals surface area contributed by atoms with Gasteiger partial charge < -0.3 is 10.2 Å². The minimum atomic E-state index is -3.82. The summed E-state index contributed by atoms with van der Waals surface area (Å²) in [6.07, 6.45) is 2.06. The van der Waals surface area contributed by atoms with E-state index in [1.807, 2.05) is 61.5 Å². The molecule has 0 saturated heterocycles. The molecule has 10 heteroatoms. The Kier molecular flexibility index (Phi) is 10.8. The summed E-state index contributed by atoms with van der Waals surface area (Å²) >= 11 is 9.46. The van der Waals surface area contributed by atoms with E-state index in [9.17, 15) is 18.0 Å². The molecule has 0 heterocycles. The van der Waals surface area contributed by atoms with Crippen molar-refractivity contribution in [2.24, 2.45) is 0 Å². The molecule has 0 aromatic heterocycles. The Labute approximate surface area is 238 Å². The second-order valence-electron chi connectivity index (χ2n) is 8.89. The summed E-state index contributed by atoms with van der Waals surface area (Å²) in [6, 6.07) is 22.3. The van der Waals surface area contributed by atoms with Crippen LogP contribution < -0.4 is 9.62 Å². The first kappa shape index (κ1) is 29.7. The monoisotopic (exact) mass is 619 g/mol. The Morgan fingerprint density at radius 2 is 1.63 bits per heavy atom. The Morgan fingerprint density at radius 3 is 2.24 bits per heavy atom. The molecule has 0 radical (unpaired) electrons. The number of carbonyl (C=O) groups is 2. The van der Waals surface area contributed by atoms with Gasteiger partial charge in [0.15, 0.2) is 0 Å². The molecule has 0 aliphatic rings. The van der Waals surface area contributed by atoms with Crippen LogP contribution in [0.1, 0.15) is 24.5 Å². The van der Waals surface area contributed by atoms with Crippen LogP contribution in [0.15, 0.2) is 83.3 Å². The maximum absolute atomic E-state index is 13.9. The normalized spacial score (nSPS) is 12.0. The Bertz CT molecular complexity index is 1340. The lowest BCUT2D eigenvalue weighted by Crippen LogP contribution is -2.53. The fraction of sp³-hybridized carbons (Fsp3) is 0.286. The molecule has 3 aromatic rings. The predicted octanol–water partition coefficient (Wildman–Crippen LogP) is 5.03. The van der Waals surface area contributed by atoms with Crippen LogP contribution in [0.4, 0.5) is 5.69 Å². The molecule has 0 bridgehead atoms. The number of nitrogens with zero attached hydrogens (tertiary/aromatic N) is 2. The van der Waals surface area contributed by atoms with Crippen molar-refractivity contribution >= 4 is 55.1 Å². The first-order valence-corrected chi connectivity index (χ1v) is 15.2. The zero-order valence-corrected chi connectivity index (χ0v) is 24.5. The standard InChI is InChI=1S/C28H31BrClN3O4S/c1-3-16-31-28(35)26(18-21-8-5-4-6-9-21)32(19-22-10-7-11-23(29)17-22)27(34)20-33(38(2,36)37)25-14-12-24(30)13-15-25/h4-15,17,26H,3,16,18-20H2,1-2H3,(H,31,35)/t26-/m0/s1. The molecule has 3 aromatic carbocycles. The first-order valence-electron chi connectivity index (χ1n) is 12.2. The van der Waals surface area contributed by atoms with Crippen LogP contribution in [0.3, 0.4) is 0 Å². The summed E-state index contributed by atoms with van der Waals surface area (Å²) in [5.41, 5.74) is 1.99. The highest BCUT2D eigenvalue weighted by Crippen LogP contribution is 2.23. The molecular formula is C28H31BrClN3O4S. The number of carbonyl (C=O) groups excluding carboxylic acids is 2. The Hall–Kier alpha value is -2.88. The molecule has 0 aliphatic carbocycles. The average molecular weight is 621 g/mol. The maximum atomic E-state index is 13.9. The van der Waals surface area contributed by atoms with Gasteiger partial charge in [0.1, 0.15) is 12.6 Å². The molecule has 3 rings (SSSR count). The van der Waals surface area contributed by atoms with Gasteiger partial charge >= 0.3 is 0 Å². The van der Waals surface area contributed by atoms with E-state index < -0.39 is 28.5 Å². The molecule has 2 amide bonds. The van der Waals surface area contributed by atoms with Gasteiger partial charge in [0, 0.05) is 29.0 Å². The maximum Gasteiger partial charge on any atom is 0.244 e. The van der Waals surface area contributed by atoms with Crippen molar-refractivity contribution < 1.29 is 18.0 Å². The van der Waals surface area contributed by atoms with Crippen molar-refractivity contribution in [2.75, 3.05) is 23.7 Å². The molecule has 0 spiro atoms. The zero-order chi connectivity index (χ0) is 27.7. The van der Waals surface area contributed by atoms with Gasteiger partial charge in [-0.1, -0.05) is 76.9 Å². The van der Waals surface area contributed by atoms with E-state index in [1.165, 1.54) is 4.90 Å². The first-order chi connectivity index (χ1) is 18.1. The second kappa shape index (κ2) is 13.8. The molecular weight excluding hydrogens is 590 g/mol. The number of amides is 2. The fourth-order valence-electron chi connectivity index (χ4n) is 3.97. The van der Waals surface area contributed by atoms with E-state index in [0.29, 0.717) is 17.3 Å². The van der Waals surface area contributed by atoms with E-state index >= 15 is 0 Å². The minimum absolute atomic E-state index is 0.119. The molecule has 0 saturated carbocycles. The number of benzene rings is 3. The summed E-state index contributed by atoms with van der Waals surface area (Å²) in [5.74, 6) is -0.797. The zero-order valence-electron chi connectivity index (χ0n) is 21.3. The van der Waals surface area contributed by atoms with Crippen LogP contribution in [0.5, 0.6) is 0 Å². The summed E-state index contributed by atoms with van der Waals surface area (Å²) in [7, 11) is -3.82. The van der Waals surface area contributed by atoms with Crippen LogP contribution >= 0.6 is 27.5 Å². The van der Waals surface area contributed by atoms with Gasteiger partial charge in [-0.15, -0.1) is 0 Å². The summed E-state index contributed by atoms with van der Waals surface area (Å²) in [5, 5.41) is 3.36. The van der Waals surface area contributed by atoms with Crippen LogP contribution in [-0.2, 0) is 32.6 Å². The van der Waals surface area contributed by atoms with Gasteiger partial charge in [0.2, 0.25) is 21.8 Å². The van der Waals surface area contributed by atoms with Crippen molar-refractivity contribution in [3.63, 3.8) is 0 Å². The topological polar surface area (TPSA) is 86.8 Å². The van der Waals surface area contributed by atoms with Gasteiger partial charge in [-0.3, -0.25) is 13.9 Å². The lowest BCUT2D eigenvalue weighted by atomic mass is 10.0. The number of anilines is 1. The molecule has 0 unspecified atom stereocenters. The number of halogens is 2. The van der Waals surface area contributed by atoms with Gasteiger partial charge in [-0.2, -0.15) is 0 Å². The summed E-state index contributed by atoms with van der Waals surface area (Å²) in [4.78, 5) is 28.8. The van der Waals surface area contributed by atoms with Crippen LogP contribution in [0, 0.1) is 0 Å². The Morgan fingerprint density at radius 1 is 0.974 bits per heavy atom. The smallest absolute Gasteiger partial charge is 0.244 e. The summed E-state index contributed by atoms with van der Waals surface area (Å²) < 4.78 is 27.4. The highest BCUT2D eigenvalue weighted by atomic mass is 79.9. The lowest BCUT2D eigenvalue weighted by Gasteiger charge is -2.33. The predicted molar refractivity (Wildman–Crippen MR) is 156 cm³/mol. The quantitative estimate of drug-likeness (QED) is 0.308. The number of rotatable bonds is 12. The second-order valence-corrected chi connectivity index (χ2v) is 12.2. The van der Waals surface area contributed by atoms with Crippen molar-refractivity contribution in [3.05, 3.63) is 99.5 Å². The van der Waals surface area contributed by atoms with E-state index in [4.69, 9.17) is 11.6 Å². The SMILES string of the molecule is CCCNC(=O)[C@H](Cc1ccccc1)N(Cc1cccc(Br)c1)C(=O)CN(c1ccc(Cl)cc1)S(C)(=O)=O. The number of nitrogens with one attached hydrogen (secondary N) is 1. The molecule has 202 valence electrons. The fourth-order valence-corrected chi connectivity index (χ4v) is 5.40. The number of hydrogen-bond donors (Lipinski definition) is 1. The van der Waals surface area contributed by atoms with Crippen molar-refractivity contribution in [1.82, 2.24) is 10.2 Å². The van der Waals surface area contributed by atoms with Crippen molar-refractivity contribution in [2.45, 2.75) is 32.4 Å². The van der Waals surface area contributed by atoms with Gasteiger partial charge in [-0.25, -0.2) is 8.42 Å². The minimum Gasteiger partial charge on any atom is -0.354 e. The van der Waals surface area contributed by atoms with Crippen LogP contribution in [0.25, 0.3) is 0 Å². The molecule has 7 nitrogen and oxygen atoms in total. The van der Waals surface area contributed by atoms with E-state index in [0.717, 1.165) is 32.6 Å². The Balaban J connectivity index is 2.03. The van der Waals surface area contributed by atoms with Crippen LogP contribution in [-0.4, -0.2) is 50.5 Å². The number of sulfonamides is 1. The highest BCUT2D eigenvalue weighted by Gasteiger charge is 2.32. The molecule has 1 atom stereocenters. The lowest BCUT2D eigenvalue weighted by molar-refractivity contribution is -0.140. The largest absolute Gasteiger partial charge is 0.354 e. The van der Waals surface area contributed by atoms with E-state index in [-0.39, 0.29) is 18.9 Å². The highest BCUT2D eigenvalue weighted by molar-refractivity contribution is 9.10. The van der Waals surface area contributed by atoms with E-state index in [1.54, 1.807) is 24.3 Å². The van der Waals surface area contributed by atoms with Gasteiger partial charge in [-0.05, 0) is 53.9 Å². The number of hydrogen-bond acceptors (Lipinski definition) is 4. The third-order valence-corrected chi connectivity index (χ3v) is 7.74. The van der Waals surface area contributed by atoms with Gasteiger partial charge in [0.05, 0.1) is 11.9 Å². The summed E-state index contributed by atoms with van der Waals surface area (Å²) in [6.45, 7) is 2.06. The van der Waals surface area contributed by atoms with Crippen LogP contribution in [0.2, 0.25) is 5.02 Å². The third-order valence-electron chi connectivity index (χ3n) is 5.86. The molecule has 38 heavy (non-hydrogen) atoms.